The molecule has 0 amide bonds. The van der Waals surface area contributed by atoms with Crippen molar-refractivity contribution in [2.45, 2.75) is 6.04 Å². The number of esters is 1. The molecular formula is C12H11ClN2O2S. The highest BCUT2D eigenvalue weighted by molar-refractivity contribution is 7.09. The molecule has 0 aliphatic rings. The number of carbonyl (C=O) groups excluding carboxylic acids is 1. The van der Waals surface area contributed by atoms with Crippen molar-refractivity contribution in [2.75, 3.05) is 12.4 Å². The lowest BCUT2D eigenvalue weighted by atomic mass is 10.2. The molecule has 0 spiro atoms. The zero-order chi connectivity index (χ0) is 13.0. The molecule has 0 saturated carbocycles. The lowest BCUT2D eigenvalue weighted by molar-refractivity contribution is -0.141. The molecule has 0 saturated heterocycles. The molecule has 6 heteroatoms. The summed E-state index contributed by atoms with van der Waals surface area (Å²) in [7, 11) is 1.35. The van der Waals surface area contributed by atoms with E-state index in [1.165, 1.54) is 18.4 Å². The first kappa shape index (κ1) is 12.9. The number of halogens is 1. The number of methoxy groups -OCH3 is 1. The summed E-state index contributed by atoms with van der Waals surface area (Å²) in [6, 6.07) is 6.53. The van der Waals surface area contributed by atoms with Crippen LogP contribution in [0.4, 0.5) is 5.69 Å². The maximum Gasteiger partial charge on any atom is 0.335 e. The molecule has 1 unspecified atom stereocenters. The molecule has 0 bridgehead atoms. The Balaban J connectivity index is 2.23. The molecule has 18 heavy (non-hydrogen) atoms. The maximum absolute atomic E-state index is 11.7. The zero-order valence-corrected chi connectivity index (χ0v) is 11.2. The first-order chi connectivity index (χ1) is 8.70. The Hall–Kier alpha value is -1.59. The van der Waals surface area contributed by atoms with E-state index in [1.54, 1.807) is 24.4 Å². The average molecular weight is 283 g/mol. The van der Waals surface area contributed by atoms with Gasteiger partial charge in [-0.05, 0) is 18.2 Å². The number of anilines is 1. The summed E-state index contributed by atoms with van der Waals surface area (Å²) < 4.78 is 4.77. The fourth-order valence-corrected chi connectivity index (χ4v) is 2.33. The first-order valence-electron chi connectivity index (χ1n) is 5.20. The molecule has 1 N–H and O–H groups in total. The number of thiazole rings is 1. The number of benzene rings is 1. The van der Waals surface area contributed by atoms with Crippen LogP contribution in [-0.4, -0.2) is 18.1 Å². The first-order valence-corrected chi connectivity index (χ1v) is 6.46. The Kier molecular flexibility index (Phi) is 4.17. The predicted octanol–water partition coefficient (Wildman–Crippen LogP) is 3.12. The Bertz CT molecular complexity index is 531. The number of carbonyl (C=O) groups is 1. The number of hydrogen-bond donors (Lipinski definition) is 1. The minimum atomic E-state index is -0.617. The summed E-state index contributed by atoms with van der Waals surface area (Å²) in [6.07, 6.45) is 1.65. The van der Waals surface area contributed by atoms with Gasteiger partial charge in [-0.1, -0.05) is 17.7 Å². The number of hydrogen-bond acceptors (Lipinski definition) is 5. The second-order valence-corrected chi connectivity index (χ2v) is 4.84. The van der Waals surface area contributed by atoms with E-state index in [-0.39, 0.29) is 5.97 Å². The quantitative estimate of drug-likeness (QED) is 0.876. The lowest BCUT2D eigenvalue weighted by Gasteiger charge is -2.15. The van der Waals surface area contributed by atoms with E-state index >= 15 is 0 Å². The van der Waals surface area contributed by atoms with Crippen LogP contribution in [-0.2, 0) is 9.53 Å². The Morgan fingerprint density at radius 1 is 1.56 bits per heavy atom. The molecule has 0 fully saturated rings. The molecule has 4 nitrogen and oxygen atoms in total. The monoisotopic (exact) mass is 282 g/mol. The van der Waals surface area contributed by atoms with E-state index in [0.29, 0.717) is 10.0 Å². The van der Waals surface area contributed by atoms with Gasteiger partial charge in [-0.15, -0.1) is 11.3 Å². The van der Waals surface area contributed by atoms with E-state index in [9.17, 15) is 4.79 Å². The van der Waals surface area contributed by atoms with Gasteiger partial charge >= 0.3 is 5.97 Å². The summed E-state index contributed by atoms with van der Waals surface area (Å²) in [5.74, 6) is -0.384. The van der Waals surface area contributed by atoms with Gasteiger partial charge in [0.25, 0.3) is 0 Å². The Morgan fingerprint density at radius 2 is 2.39 bits per heavy atom. The highest BCUT2D eigenvalue weighted by atomic mass is 35.5. The van der Waals surface area contributed by atoms with Gasteiger partial charge < -0.3 is 10.1 Å². The third kappa shape index (κ3) is 3.00. The van der Waals surface area contributed by atoms with E-state index in [4.69, 9.17) is 16.3 Å². The van der Waals surface area contributed by atoms with Crippen LogP contribution in [0, 0.1) is 0 Å². The molecule has 0 radical (unpaired) electrons. The molecular weight excluding hydrogens is 272 g/mol. The molecule has 1 heterocycles. The van der Waals surface area contributed by atoms with Crippen molar-refractivity contribution in [3.63, 3.8) is 0 Å². The molecule has 1 aromatic heterocycles. The van der Waals surface area contributed by atoms with Gasteiger partial charge in [0.1, 0.15) is 5.01 Å². The third-order valence-corrected chi connectivity index (χ3v) is 3.35. The van der Waals surface area contributed by atoms with Gasteiger partial charge in [-0.3, -0.25) is 0 Å². The van der Waals surface area contributed by atoms with Crippen LogP contribution in [0.3, 0.4) is 0 Å². The number of rotatable bonds is 4. The second kappa shape index (κ2) is 5.84. The van der Waals surface area contributed by atoms with Crippen molar-refractivity contribution in [1.29, 1.82) is 0 Å². The van der Waals surface area contributed by atoms with Crippen molar-refractivity contribution in [1.82, 2.24) is 4.98 Å². The van der Waals surface area contributed by atoms with Crippen LogP contribution in [0.1, 0.15) is 11.0 Å². The lowest BCUT2D eigenvalue weighted by Crippen LogP contribution is -2.22. The summed E-state index contributed by atoms with van der Waals surface area (Å²) in [6.45, 7) is 0. The van der Waals surface area contributed by atoms with Gasteiger partial charge in [0.2, 0.25) is 0 Å². The summed E-state index contributed by atoms with van der Waals surface area (Å²) in [4.78, 5) is 15.9. The van der Waals surface area contributed by atoms with E-state index < -0.39 is 6.04 Å². The van der Waals surface area contributed by atoms with E-state index in [0.717, 1.165) is 5.69 Å². The highest BCUT2D eigenvalue weighted by Gasteiger charge is 2.23. The van der Waals surface area contributed by atoms with Crippen molar-refractivity contribution < 1.29 is 9.53 Å². The topological polar surface area (TPSA) is 51.2 Å². The average Bonchev–Trinajstić information content (AvgIpc) is 2.89. The van der Waals surface area contributed by atoms with Crippen molar-refractivity contribution in [3.8, 4) is 0 Å². The number of aromatic nitrogens is 1. The minimum absolute atomic E-state index is 0.384. The van der Waals surface area contributed by atoms with Gasteiger partial charge in [0, 0.05) is 22.3 Å². The van der Waals surface area contributed by atoms with Gasteiger partial charge in [-0.2, -0.15) is 0 Å². The van der Waals surface area contributed by atoms with Crippen LogP contribution in [0.5, 0.6) is 0 Å². The van der Waals surface area contributed by atoms with Crippen LogP contribution in [0.2, 0.25) is 5.02 Å². The van der Waals surface area contributed by atoms with E-state index in [2.05, 4.69) is 10.3 Å². The molecule has 1 aromatic carbocycles. The summed E-state index contributed by atoms with van der Waals surface area (Å²) in [5.41, 5.74) is 0.744. The van der Waals surface area contributed by atoms with Gasteiger partial charge in [0.15, 0.2) is 6.04 Å². The standard InChI is InChI=1S/C12H11ClN2O2S/c1-17-12(16)10(11-14-5-6-18-11)15-9-4-2-3-8(13)7-9/h2-7,10,15H,1H3. The van der Waals surface area contributed by atoms with Crippen molar-refractivity contribution >= 4 is 34.6 Å². The van der Waals surface area contributed by atoms with Gasteiger partial charge in [-0.25, -0.2) is 9.78 Å². The number of nitrogens with one attached hydrogen (secondary N) is 1. The molecule has 2 aromatic rings. The van der Waals surface area contributed by atoms with Crippen LogP contribution >= 0.6 is 22.9 Å². The number of nitrogens with zero attached hydrogens (tertiary/aromatic N) is 1. The highest BCUT2D eigenvalue weighted by Crippen LogP contribution is 2.24. The molecule has 94 valence electrons. The van der Waals surface area contributed by atoms with Crippen LogP contribution < -0.4 is 5.32 Å². The van der Waals surface area contributed by atoms with Crippen LogP contribution in [0.25, 0.3) is 0 Å². The number of ether oxygens (including phenoxy) is 1. The maximum atomic E-state index is 11.7. The fraction of sp³-hybridized carbons (Fsp3) is 0.167. The molecule has 0 aliphatic heterocycles. The minimum Gasteiger partial charge on any atom is -0.467 e. The smallest absolute Gasteiger partial charge is 0.335 e. The van der Waals surface area contributed by atoms with Crippen molar-refractivity contribution in [3.05, 3.63) is 45.9 Å². The van der Waals surface area contributed by atoms with Crippen LogP contribution in [0.15, 0.2) is 35.8 Å². The zero-order valence-electron chi connectivity index (χ0n) is 9.59. The fourth-order valence-electron chi connectivity index (χ4n) is 1.46. The normalized spacial score (nSPS) is 11.9. The predicted molar refractivity (Wildman–Crippen MR) is 71.9 cm³/mol. The molecule has 0 aliphatic carbocycles. The van der Waals surface area contributed by atoms with Crippen molar-refractivity contribution in [2.24, 2.45) is 0 Å². The Labute approximate surface area is 114 Å². The largest absolute Gasteiger partial charge is 0.467 e. The molecule has 1 atom stereocenters. The Morgan fingerprint density at radius 3 is 3.00 bits per heavy atom. The summed E-state index contributed by atoms with van der Waals surface area (Å²) in [5, 5.41) is 6.13. The van der Waals surface area contributed by atoms with E-state index in [1.807, 2.05) is 11.4 Å². The summed E-state index contributed by atoms with van der Waals surface area (Å²) >= 11 is 7.29. The third-order valence-electron chi connectivity index (χ3n) is 2.27. The second-order valence-electron chi connectivity index (χ2n) is 3.48. The molecule has 2 rings (SSSR count). The SMILES string of the molecule is COC(=O)C(Nc1cccc(Cl)c1)c1nccs1. The van der Waals surface area contributed by atoms with Gasteiger partial charge in [0.05, 0.1) is 7.11 Å².